The van der Waals surface area contributed by atoms with Crippen molar-refractivity contribution in [3.05, 3.63) is 46.5 Å². The van der Waals surface area contributed by atoms with Crippen molar-refractivity contribution in [2.24, 2.45) is 5.92 Å². The molecule has 3 N–H and O–H groups in total. The van der Waals surface area contributed by atoms with Crippen molar-refractivity contribution in [3.8, 4) is 0 Å². The first kappa shape index (κ1) is 21.6. The second-order valence-corrected chi connectivity index (χ2v) is 9.26. The van der Waals surface area contributed by atoms with E-state index in [1.165, 1.54) is 23.6 Å². The average molecular weight is 443 g/mol. The number of fused-ring (bicyclic) bond motifs is 1. The van der Waals surface area contributed by atoms with Crippen molar-refractivity contribution in [2.75, 3.05) is 25.0 Å². The van der Waals surface area contributed by atoms with Crippen LogP contribution in [0.25, 0.3) is 10.2 Å². The second kappa shape index (κ2) is 9.65. The lowest BCUT2D eigenvalue weighted by Crippen LogP contribution is -2.31. The Bertz CT molecular complexity index is 1070. The average Bonchev–Trinajstić information content (AvgIpc) is 3.13. The maximum absolute atomic E-state index is 13.5. The van der Waals surface area contributed by atoms with Gasteiger partial charge in [-0.3, -0.25) is 9.78 Å². The van der Waals surface area contributed by atoms with Crippen LogP contribution in [0, 0.1) is 18.7 Å². The molecule has 1 atom stereocenters. The highest BCUT2D eigenvalue weighted by Gasteiger charge is 2.19. The summed E-state index contributed by atoms with van der Waals surface area (Å²) in [5, 5.41) is 9.58. The van der Waals surface area contributed by atoms with Crippen LogP contribution in [-0.2, 0) is 0 Å². The molecular weight excluding hydrogens is 415 g/mol. The first-order chi connectivity index (χ1) is 15.0. The van der Waals surface area contributed by atoms with Gasteiger partial charge >= 0.3 is 0 Å². The van der Waals surface area contributed by atoms with Crippen molar-refractivity contribution in [1.29, 1.82) is 0 Å². The minimum absolute atomic E-state index is 0.189. The van der Waals surface area contributed by atoms with Gasteiger partial charge in [0, 0.05) is 17.6 Å². The Morgan fingerprint density at radius 1 is 1.29 bits per heavy atom. The quantitative estimate of drug-likeness (QED) is 0.515. The Kier molecular flexibility index (Phi) is 6.72. The van der Waals surface area contributed by atoms with E-state index in [4.69, 9.17) is 0 Å². The maximum Gasteiger partial charge on any atom is 0.271 e. The molecule has 9 heteroatoms. The van der Waals surface area contributed by atoms with Gasteiger partial charge in [0.05, 0.1) is 22.5 Å². The number of carbonyl (C=O) groups excluding carboxylic acids is 1. The minimum Gasteiger partial charge on any atom is -0.351 e. The summed E-state index contributed by atoms with van der Waals surface area (Å²) in [7, 11) is 0. The standard InChI is InChI=1S/C22H27FN6OS/c1-13-9-18-20(31-13)19(21(30)26-8-5-15-3-6-24-7-4-15)29-22(28-18)27-14(2)16-10-17(23)12-25-11-16/h9-12,14-15,24H,3-8H2,1-2H3,(H,26,30)(H,27,28,29)/t14-/m0/s1. The predicted molar refractivity (Wildman–Crippen MR) is 121 cm³/mol. The summed E-state index contributed by atoms with van der Waals surface area (Å²) in [5.41, 5.74) is 1.78. The summed E-state index contributed by atoms with van der Waals surface area (Å²) in [4.78, 5) is 27.0. The lowest BCUT2D eigenvalue weighted by molar-refractivity contribution is 0.0947. The number of hydrogen-bond donors (Lipinski definition) is 3. The number of hydrogen-bond acceptors (Lipinski definition) is 7. The third-order valence-corrected chi connectivity index (χ3v) is 6.62. The van der Waals surface area contributed by atoms with Crippen LogP contribution in [0.2, 0.25) is 0 Å². The molecule has 1 aliphatic rings. The number of pyridine rings is 1. The largest absolute Gasteiger partial charge is 0.351 e. The molecule has 0 saturated carbocycles. The van der Waals surface area contributed by atoms with Crippen LogP contribution in [0.4, 0.5) is 10.3 Å². The highest BCUT2D eigenvalue weighted by molar-refractivity contribution is 7.19. The summed E-state index contributed by atoms with van der Waals surface area (Å²) < 4.78 is 14.3. The van der Waals surface area contributed by atoms with E-state index in [1.807, 2.05) is 19.9 Å². The van der Waals surface area contributed by atoms with E-state index in [0.29, 0.717) is 29.7 Å². The molecule has 1 aliphatic heterocycles. The van der Waals surface area contributed by atoms with E-state index in [9.17, 15) is 9.18 Å². The molecule has 7 nitrogen and oxygen atoms in total. The van der Waals surface area contributed by atoms with E-state index >= 15 is 0 Å². The van der Waals surface area contributed by atoms with Crippen molar-refractivity contribution in [2.45, 2.75) is 39.2 Å². The third-order valence-electron chi connectivity index (χ3n) is 5.58. The number of aryl methyl sites for hydroxylation is 1. The first-order valence-electron chi connectivity index (χ1n) is 10.6. The number of aromatic nitrogens is 3. The molecule has 1 saturated heterocycles. The zero-order chi connectivity index (χ0) is 21.8. The number of nitrogens with one attached hydrogen (secondary N) is 3. The Hall–Kier alpha value is -2.65. The topological polar surface area (TPSA) is 91.8 Å². The molecule has 4 rings (SSSR count). The molecule has 3 aromatic rings. The van der Waals surface area contributed by atoms with Gasteiger partial charge in [-0.1, -0.05) is 0 Å². The number of carbonyl (C=O) groups is 1. The Morgan fingerprint density at radius 3 is 2.87 bits per heavy atom. The van der Waals surface area contributed by atoms with Crippen molar-refractivity contribution in [1.82, 2.24) is 25.6 Å². The molecule has 3 aromatic heterocycles. The smallest absolute Gasteiger partial charge is 0.271 e. The van der Waals surface area contributed by atoms with Crippen LogP contribution in [0.3, 0.4) is 0 Å². The molecule has 31 heavy (non-hydrogen) atoms. The van der Waals surface area contributed by atoms with Gasteiger partial charge < -0.3 is 16.0 Å². The summed E-state index contributed by atoms with van der Waals surface area (Å²) in [5.74, 6) is 0.399. The monoisotopic (exact) mass is 442 g/mol. The molecule has 0 spiro atoms. The maximum atomic E-state index is 13.5. The van der Waals surface area contributed by atoms with Crippen molar-refractivity contribution >= 4 is 33.4 Å². The van der Waals surface area contributed by atoms with E-state index in [-0.39, 0.29) is 11.9 Å². The molecular formula is C22H27FN6OS. The van der Waals surface area contributed by atoms with Crippen molar-refractivity contribution < 1.29 is 9.18 Å². The Balaban J connectivity index is 1.50. The molecule has 0 radical (unpaired) electrons. The lowest BCUT2D eigenvalue weighted by Gasteiger charge is -2.22. The van der Waals surface area contributed by atoms with Gasteiger partial charge in [-0.05, 0) is 69.8 Å². The fourth-order valence-corrected chi connectivity index (χ4v) is 4.79. The molecule has 1 amide bonds. The van der Waals surface area contributed by atoms with E-state index in [2.05, 4.69) is 30.9 Å². The van der Waals surface area contributed by atoms with Crippen LogP contribution in [0.5, 0.6) is 0 Å². The number of piperidine rings is 1. The van der Waals surface area contributed by atoms with Crippen LogP contribution < -0.4 is 16.0 Å². The van der Waals surface area contributed by atoms with Gasteiger partial charge in [0.15, 0.2) is 5.69 Å². The van der Waals surface area contributed by atoms with Crippen molar-refractivity contribution in [3.63, 3.8) is 0 Å². The molecule has 0 aromatic carbocycles. The Labute approximate surface area is 184 Å². The van der Waals surface area contributed by atoms with E-state index < -0.39 is 5.82 Å². The normalized spacial score (nSPS) is 15.7. The highest BCUT2D eigenvalue weighted by atomic mass is 32.1. The van der Waals surface area contributed by atoms with Gasteiger partial charge in [-0.2, -0.15) is 0 Å². The zero-order valence-electron chi connectivity index (χ0n) is 17.7. The van der Waals surface area contributed by atoms with Crippen LogP contribution in [0.1, 0.15) is 53.2 Å². The van der Waals surface area contributed by atoms with Crippen LogP contribution >= 0.6 is 11.3 Å². The van der Waals surface area contributed by atoms with Crippen LogP contribution in [-0.4, -0.2) is 40.5 Å². The number of thiophene rings is 1. The molecule has 4 heterocycles. The lowest BCUT2D eigenvalue weighted by atomic mass is 9.95. The molecule has 0 unspecified atom stereocenters. The fourth-order valence-electron chi connectivity index (χ4n) is 3.85. The molecule has 1 fully saturated rings. The number of nitrogens with zero attached hydrogens (tertiary/aromatic N) is 3. The van der Waals surface area contributed by atoms with Gasteiger partial charge in [-0.15, -0.1) is 11.3 Å². The van der Waals surface area contributed by atoms with E-state index in [0.717, 1.165) is 47.4 Å². The van der Waals surface area contributed by atoms with Gasteiger partial charge in [-0.25, -0.2) is 14.4 Å². The summed E-state index contributed by atoms with van der Waals surface area (Å²) in [6.07, 6.45) is 6.04. The van der Waals surface area contributed by atoms with Gasteiger partial charge in [0.2, 0.25) is 5.95 Å². The highest BCUT2D eigenvalue weighted by Crippen LogP contribution is 2.28. The Morgan fingerprint density at radius 2 is 2.10 bits per heavy atom. The molecule has 164 valence electrons. The summed E-state index contributed by atoms with van der Waals surface area (Å²) in [6, 6.07) is 3.11. The summed E-state index contributed by atoms with van der Waals surface area (Å²) in [6.45, 7) is 6.59. The number of amides is 1. The predicted octanol–water partition coefficient (Wildman–Crippen LogP) is 3.83. The third kappa shape index (κ3) is 5.34. The summed E-state index contributed by atoms with van der Waals surface area (Å²) >= 11 is 1.51. The van der Waals surface area contributed by atoms with E-state index in [1.54, 1.807) is 6.20 Å². The number of rotatable bonds is 7. The SMILES string of the molecule is Cc1cc2nc(N[C@@H](C)c3cncc(F)c3)nc(C(=O)NCCC3CCNCC3)c2s1. The minimum atomic E-state index is -0.398. The zero-order valence-corrected chi connectivity index (χ0v) is 18.6. The fraction of sp³-hybridized carbons (Fsp3) is 0.455. The molecule has 0 aliphatic carbocycles. The first-order valence-corrected chi connectivity index (χ1v) is 11.5. The number of halogens is 1. The number of anilines is 1. The second-order valence-electron chi connectivity index (χ2n) is 8.01. The molecule has 0 bridgehead atoms. The van der Waals surface area contributed by atoms with Crippen LogP contribution in [0.15, 0.2) is 24.5 Å². The van der Waals surface area contributed by atoms with Gasteiger partial charge in [0.1, 0.15) is 5.82 Å². The van der Waals surface area contributed by atoms with Gasteiger partial charge in [0.25, 0.3) is 5.91 Å².